The smallest absolute Gasteiger partial charge is 0.341 e. The third-order valence-corrected chi connectivity index (χ3v) is 3.34. The topological polar surface area (TPSA) is 64.3 Å². The van der Waals surface area contributed by atoms with E-state index in [4.69, 9.17) is 9.84 Å². The minimum Gasteiger partial charge on any atom is -0.479 e. The summed E-state index contributed by atoms with van der Waals surface area (Å²) in [6.45, 7) is -0.409. The van der Waals surface area contributed by atoms with Gasteiger partial charge in [0.1, 0.15) is 0 Å². The van der Waals surface area contributed by atoms with Gasteiger partial charge in [0.2, 0.25) is 5.88 Å². The number of benzene rings is 2. The number of aromatic nitrogens is 2. The minimum absolute atomic E-state index is 0.347. The van der Waals surface area contributed by atoms with E-state index in [1.54, 1.807) is 4.68 Å². The van der Waals surface area contributed by atoms with Gasteiger partial charge in [0.15, 0.2) is 6.61 Å². The highest BCUT2D eigenvalue weighted by atomic mass is 16.5. The SMILES string of the molecule is O=C(O)COc1nn(-c2ccccc2)cc1Cc1ccccc1. The van der Waals surface area contributed by atoms with E-state index in [1.165, 1.54) is 0 Å². The van der Waals surface area contributed by atoms with Gasteiger partial charge in [0, 0.05) is 18.2 Å². The van der Waals surface area contributed by atoms with Crippen molar-refractivity contribution in [3.05, 3.63) is 78.0 Å². The van der Waals surface area contributed by atoms with Crippen LogP contribution in [-0.4, -0.2) is 27.5 Å². The molecule has 0 spiro atoms. The number of carboxylic acid groups (broad SMARTS) is 1. The first-order valence-electron chi connectivity index (χ1n) is 7.25. The molecule has 0 amide bonds. The summed E-state index contributed by atoms with van der Waals surface area (Å²) in [6.07, 6.45) is 2.50. The lowest BCUT2D eigenvalue weighted by Gasteiger charge is -2.03. The summed E-state index contributed by atoms with van der Waals surface area (Å²) in [5, 5.41) is 13.2. The van der Waals surface area contributed by atoms with Gasteiger partial charge in [-0.15, -0.1) is 5.10 Å². The maximum absolute atomic E-state index is 10.8. The number of carbonyl (C=O) groups is 1. The lowest BCUT2D eigenvalue weighted by molar-refractivity contribution is -0.139. The number of carboxylic acids is 1. The number of aliphatic carboxylic acids is 1. The van der Waals surface area contributed by atoms with Gasteiger partial charge in [-0.25, -0.2) is 9.48 Å². The summed E-state index contributed by atoms with van der Waals surface area (Å²) < 4.78 is 7.05. The molecule has 23 heavy (non-hydrogen) atoms. The van der Waals surface area contributed by atoms with Crippen LogP contribution in [0.1, 0.15) is 11.1 Å². The second kappa shape index (κ2) is 6.79. The summed E-state index contributed by atoms with van der Waals surface area (Å²) in [6, 6.07) is 19.6. The number of ether oxygens (including phenoxy) is 1. The summed E-state index contributed by atoms with van der Waals surface area (Å²) >= 11 is 0. The molecule has 0 radical (unpaired) electrons. The first-order valence-corrected chi connectivity index (χ1v) is 7.25. The van der Waals surface area contributed by atoms with Crippen LogP contribution in [0.2, 0.25) is 0 Å². The van der Waals surface area contributed by atoms with Crippen molar-refractivity contribution < 1.29 is 14.6 Å². The Morgan fingerprint density at radius 3 is 2.35 bits per heavy atom. The molecule has 2 aromatic carbocycles. The third-order valence-electron chi connectivity index (χ3n) is 3.34. The highest BCUT2D eigenvalue weighted by Gasteiger charge is 2.13. The number of rotatable bonds is 6. The Labute approximate surface area is 133 Å². The van der Waals surface area contributed by atoms with Crippen molar-refractivity contribution in [2.24, 2.45) is 0 Å². The number of hydrogen-bond acceptors (Lipinski definition) is 3. The molecule has 0 bridgehead atoms. The van der Waals surface area contributed by atoms with Gasteiger partial charge in [-0.05, 0) is 17.7 Å². The Kier molecular flexibility index (Phi) is 4.38. The molecule has 1 aromatic heterocycles. The molecule has 1 heterocycles. The molecule has 0 saturated heterocycles. The zero-order chi connectivity index (χ0) is 16.1. The van der Waals surface area contributed by atoms with Crippen LogP contribution in [0.15, 0.2) is 66.9 Å². The molecule has 0 atom stereocenters. The zero-order valence-electron chi connectivity index (χ0n) is 12.4. The van der Waals surface area contributed by atoms with Gasteiger partial charge >= 0.3 is 5.97 Å². The number of para-hydroxylation sites is 1. The molecule has 0 saturated carbocycles. The van der Waals surface area contributed by atoms with Crippen LogP contribution >= 0.6 is 0 Å². The van der Waals surface area contributed by atoms with E-state index < -0.39 is 12.6 Å². The van der Waals surface area contributed by atoms with Crippen LogP contribution in [0, 0.1) is 0 Å². The van der Waals surface area contributed by atoms with Gasteiger partial charge in [0.25, 0.3) is 0 Å². The average molecular weight is 308 g/mol. The van der Waals surface area contributed by atoms with E-state index in [0.29, 0.717) is 12.3 Å². The van der Waals surface area contributed by atoms with Crippen molar-refractivity contribution in [3.8, 4) is 11.6 Å². The predicted octanol–water partition coefficient (Wildman–Crippen LogP) is 2.93. The molecule has 0 unspecified atom stereocenters. The lowest BCUT2D eigenvalue weighted by Crippen LogP contribution is -2.10. The van der Waals surface area contributed by atoms with E-state index >= 15 is 0 Å². The van der Waals surface area contributed by atoms with Crippen LogP contribution in [0.25, 0.3) is 5.69 Å². The van der Waals surface area contributed by atoms with E-state index in [1.807, 2.05) is 66.9 Å². The second-order valence-electron chi connectivity index (χ2n) is 5.08. The van der Waals surface area contributed by atoms with Gasteiger partial charge in [-0.2, -0.15) is 0 Å². The summed E-state index contributed by atoms with van der Waals surface area (Å²) in [5.74, 6) is -0.676. The minimum atomic E-state index is -1.02. The van der Waals surface area contributed by atoms with Crippen molar-refractivity contribution in [2.75, 3.05) is 6.61 Å². The molecule has 116 valence electrons. The third kappa shape index (κ3) is 3.77. The Morgan fingerprint density at radius 1 is 1.04 bits per heavy atom. The van der Waals surface area contributed by atoms with Gasteiger partial charge < -0.3 is 9.84 Å². The highest BCUT2D eigenvalue weighted by Crippen LogP contribution is 2.22. The standard InChI is InChI=1S/C18H16N2O3/c21-17(22)13-23-18-15(11-14-7-3-1-4-8-14)12-20(19-18)16-9-5-2-6-10-16/h1-10,12H,11,13H2,(H,21,22). The lowest BCUT2D eigenvalue weighted by atomic mass is 10.1. The summed E-state index contributed by atoms with van der Waals surface area (Å²) in [5.41, 5.74) is 2.86. The number of nitrogens with zero attached hydrogens (tertiary/aromatic N) is 2. The molecule has 5 nitrogen and oxygen atoms in total. The summed E-state index contributed by atoms with van der Waals surface area (Å²) in [4.78, 5) is 10.8. The fourth-order valence-electron chi connectivity index (χ4n) is 2.30. The van der Waals surface area contributed by atoms with Crippen molar-refractivity contribution in [3.63, 3.8) is 0 Å². The maximum atomic E-state index is 10.8. The molecule has 0 aliphatic heterocycles. The van der Waals surface area contributed by atoms with Crippen molar-refractivity contribution >= 4 is 5.97 Å². The largest absolute Gasteiger partial charge is 0.479 e. The molecule has 3 rings (SSSR count). The molecule has 0 fully saturated rings. The molecular weight excluding hydrogens is 292 g/mol. The van der Waals surface area contributed by atoms with E-state index in [2.05, 4.69) is 5.10 Å². The molecule has 5 heteroatoms. The van der Waals surface area contributed by atoms with Crippen LogP contribution in [0.5, 0.6) is 5.88 Å². The monoisotopic (exact) mass is 308 g/mol. The van der Waals surface area contributed by atoms with Gasteiger partial charge in [0.05, 0.1) is 5.69 Å². The Morgan fingerprint density at radius 2 is 1.70 bits per heavy atom. The molecule has 3 aromatic rings. The maximum Gasteiger partial charge on any atom is 0.341 e. The van der Waals surface area contributed by atoms with E-state index in [9.17, 15) is 4.79 Å². The highest BCUT2D eigenvalue weighted by molar-refractivity contribution is 5.68. The summed E-state index contributed by atoms with van der Waals surface area (Å²) in [7, 11) is 0. The van der Waals surface area contributed by atoms with Gasteiger partial charge in [-0.3, -0.25) is 0 Å². The fourth-order valence-corrected chi connectivity index (χ4v) is 2.30. The fraction of sp³-hybridized carbons (Fsp3) is 0.111. The average Bonchev–Trinajstić information content (AvgIpc) is 2.97. The van der Waals surface area contributed by atoms with E-state index in [0.717, 1.165) is 16.8 Å². The van der Waals surface area contributed by atoms with Crippen molar-refractivity contribution in [1.29, 1.82) is 0 Å². The normalized spacial score (nSPS) is 10.4. The number of hydrogen-bond donors (Lipinski definition) is 1. The van der Waals surface area contributed by atoms with E-state index in [-0.39, 0.29) is 0 Å². The Bertz CT molecular complexity index is 783. The predicted molar refractivity (Wildman–Crippen MR) is 85.9 cm³/mol. The van der Waals surface area contributed by atoms with Crippen LogP contribution < -0.4 is 4.74 Å². The first kappa shape index (κ1) is 14.8. The van der Waals surface area contributed by atoms with Crippen LogP contribution in [-0.2, 0) is 11.2 Å². The quantitative estimate of drug-likeness (QED) is 0.760. The van der Waals surface area contributed by atoms with Crippen LogP contribution in [0.3, 0.4) is 0 Å². The molecule has 1 N–H and O–H groups in total. The molecule has 0 aliphatic rings. The molecule has 0 aliphatic carbocycles. The zero-order valence-corrected chi connectivity index (χ0v) is 12.4. The second-order valence-corrected chi connectivity index (χ2v) is 5.08. The Balaban J connectivity index is 1.91. The molecular formula is C18H16N2O3. The van der Waals surface area contributed by atoms with Crippen LogP contribution in [0.4, 0.5) is 0 Å². The van der Waals surface area contributed by atoms with Crippen molar-refractivity contribution in [1.82, 2.24) is 9.78 Å². The van der Waals surface area contributed by atoms with Crippen molar-refractivity contribution in [2.45, 2.75) is 6.42 Å². The first-order chi connectivity index (χ1) is 11.2. The van der Waals surface area contributed by atoms with Gasteiger partial charge in [-0.1, -0.05) is 48.5 Å². The Hall–Kier alpha value is -3.08.